The van der Waals surface area contributed by atoms with E-state index in [1.807, 2.05) is 0 Å². The van der Waals surface area contributed by atoms with Crippen molar-refractivity contribution in [1.29, 1.82) is 0 Å². The summed E-state index contributed by atoms with van der Waals surface area (Å²) in [4.78, 5) is 85.5. The highest BCUT2D eigenvalue weighted by molar-refractivity contribution is 6.01. The normalized spacial score (nSPS) is 13.7. The van der Waals surface area contributed by atoms with Gasteiger partial charge in [0.25, 0.3) is 11.8 Å². The van der Waals surface area contributed by atoms with Crippen molar-refractivity contribution in [1.82, 2.24) is 26.3 Å². The number of carbonyl (C=O) groups excluding carboxylic acids is 5. The van der Waals surface area contributed by atoms with Crippen molar-refractivity contribution in [3.8, 4) is 0 Å². The minimum Gasteiger partial charge on any atom is -0.481 e. The minimum absolute atomic E-state index is 0.00764. The molecular formula is C38H67N5O13. The van der Waals surface area contributed by atoms with Gasteiger partial charge in [0.2, 0.25) is 5.91 Å². The van der Waals surface area contributed by atoms with Crippen LogP contribution in [0.5, 0.6) is 0 Å². The lowest BCUT2D eigenvalue weighted by Crippen LogP contribution is -2.42. The predicted molar refractivity (Wildman–Crippen MR) is 204 cm³/mol. The number of hydrogen-bond acceptors (Lipinski definition) is 12. The molecule has 7 N–H and O–H groups in total. The highest BCUT2D eigenvalue weighted by atomic mass is 16.7. The maximum atomic E-state index is 12.3. The summed E-state index contributed by atoms with van der Waals surface area (Å²) in [5.74, 6) is -4.17. The van der Waals surface area contributed by atoms with Gasteiger partial charge in [-0.25, -0.2) is 14.4 Å². The fraction of sp³-hybridized carbons (Fsp3) is 0.816. The molecule has 0 saturated carbocycles. The van der Waals surface area contributed by atoms with Crippen molar-refractivity contribution in [3.63, 3.8) is 0 Å². The van der Waals surface area contributed by atoms with Crippen LogP contribution >= 0.6 is 0 Å². The van der Waals surface area contributed by atoms with E-state index in [9.17, 15) is 43.8 Å². The standard InChI is InChI=1S/C38H67N5O13/c44-31(39-23-15-16-24-40-38(53)41-25-26-54-27-28-55-29-36(50)56-43-33(46)21-22-34(43)47)20-19-30(37(51)52)42-32(45)17-13-11-9-7-5-3-1-2-4-6-8-10-12-14-18-35(48)49/h30-31,39,44H,1-29H2,(H,42,45)(H,48,49)(H,51,52)(H2,40,41,53)/t30-,31?/m0/s1. The van der Waals surface area contributed by atoms with E-state index < -0.39 is 48.6 Å². The molecule has 18 nitrogen and oxygen atoms in total. The molecule has 1 unspecified atom stereocenters. The van der Waals surface area contributed by atoms with E-state index in [1.165, 1.54) is 44.9 Å². The summed E-state index contributed by atoms with van der Waals surface area (Å²) in [5.41, 5.74) is 0. The van der Waals surface area contributed by atoms with E-state index in [4.69, 9.17) is 14.6 Å². The number of urea groups is 1. The number of aliphatic carboxylic acids is 2. The smallest absolute Gasteiger partial charge is 0.358 e. The number of imide groups is 1. The number of nitrogens with one attached hydrogen (secondary N) is 4. The molecule has 1 rings (SSSR count). The first-order valence-corrected chi connectivity index (χ1v) is 20.4. The van der Waals surface area contributed by atoms with Crippen LogP contribution in [0, 0.1) is 0 Å². The van der Waals surface area contributed by atoms with Crippen LogP contribution in [0.25, 0.3) is 0 Å². The van der Waals surface area contributed by atoms with Gasteiger partial charge in [0.05, 0.1) is 19.8 Å². The van der Waals surface area contributed by atoms with Crippen molar-refractivity contribution in [3.05, 3.63) is 0 Å². The summed E-state index contributed by atoms with van der Waals surface area (Å²) >= 11 is 0. The molecule has 1 saturated heterocycles. The fourth-order valence-electron chi connectivity index (χ4n) is 5.81. The van der Waals surface area contributed by atoms with Crippen molar-refractivity contribution in [2.45, 2.75) is 154 Å². The molecule has 0 spiro atoms. The van der Waals surface area contributed by atoms with E-state index in [1.54, 1.807) is 0 Å². The molecule has 2 atom stereocenters. The van der Waals surface area contributed by atoms with E-state index in [-0.39, 0.29) is 76.8 Å². The second kappa shape index (κ2) is 33.3. The number of amides is 5. The van der Waals surface area contributed by atoms with Crippen molar-refractivity contribution in [2.75, 3.05) is 46.1 Å². The number of carbonyl (C=O) groups is 7. The van der Waals surface area contributed by atoms with Crippen LogP contribution in [-0.4, -0.2) is 120 Å². The Kier molecular flexibility index (Phi) is 29.8. The number of unbranched alkanes of at least 4 members (excludes halogenated alkanes) is 14. The molecule has 1 heterocycles. The van der Waals surface area contributed by atoms with Crippen LogP contribution in [0.4, 0.5) is 4.79 Å². The summed E-state index contributed by atoms with van der Waals surface area (Å²) in [6.07, 6.45) is 16.3. The van der Waals surface area contributed by atoms with Gasteiger partial charge in [-0.15, -0.1) is 5.06 Å². The molecule has 322 valence electrons. The van der Waals surface area contributed by atoms with Gasteiger partial charge in [-0.05, 0) is 45.1 Å². The zero-order valence-corrected chi connectivity index (χ0v) is 33.0. The average Bonchev–Trinajstić information content (AvgIpc) is 3.47. The summed E-state index contributed by atoms with van der Waals surface area (Å²) in [6, 6.07) is -1.45. The molecule has 0 bridgehead atoms. The summed E-state index contributed by atoms with van der Waals surface area (Å²) in [6.45, 7) is 1.06. The molecule has 0 aromatic rings. The molecule has 0 aromatic heterocycles. The maximum Gasteiger partial charge on any atom is 0.358 e. The molecule has 0 aromatic carbocycles. The molecular weight excluding hydrogens is 734 g/mol. The Morgan fingerprint density at radius 2 is 1.14 bits per heavy atom. The largest absolute Gasteiger partial charge is 0.481 e. The minimum atomic E-state index is -1.14. The van der Waals surface area contributed by atoms with Gasteiger partial charge >= 0.3 is 23.9 Å². The van der Waals surface area contributed by atoms with Crippen LogP contribution in [0.2, 0.25) is 0 Å². The number of rotatable bonds is 37. The number of aliphatic hydroxyl groups excluding tert-OH is 1. The van der Waals surface area contributed by atoms with Gasteiger partial charge in [0.1, 0.15) is 18.9 Å². The summed E-state index contributed by atoms with van der Waals surface area (Å²) in [7, 11) is 0. The van der Waals surface area contributed by atoms with E-state index in [0.29, 0.717) is 37.4 Å². The monoisotopic (exact) mass is 801 g/mol. The topological polar surface area (TPSA) is 259 Å². The quantitative estimate of drug-likeness (QED) is 0.0270. The second-order valence-electron chi connectivity index (χ2n) is 13.9. The molecule has 18 heteroatoms. The first-order chi connectivity index (χ1) is 27.0. The second-order valence-corrected chi connectivity index (χ2v) is 13.9. The third kappa shape index (κ3) is 28.5. The molecule has 1 aliphatic rings. The van der Waals surface area contributed by atoms with Crippen LogP contribution in [0.1, 0.15) is 141 Å². The van der Waals surface area contributed by atoms with E-state index in [0.717, 1.165) is 38.5 Å². The van der Waals surface area contributed by atoms with Crippen LogP contribution in [-0.2, 0) is 43.1 Å². The van der Waals surface area contributed by atoms with Gasteiger partial charge in [0.15, 0.2) is 0 Å². The Bertz CT molecular complexity index is 1140. The summed E-state index contributed by atoms with van der Waals surface area (Å²) < 4.78 is 10.4. The van der Waals surface area contributed by atoms with Crippen molar-refractivity contribution in [2.24, 2.45) is 0 Å². The van der Waals surface area contributed by atoms with E-state index >= 15 is 0 Å². The van der Waals surface area contributed by atoms with Crippen LogP contribution in [0.3, 0.4) is 0 Å². The predicted octanol–water partition coefficient (Wildman–Crippen LogP) is 3.29. The Hall–Kier alpha value is -3.87. The number of hydrogen-bond donors (Lipinski definition) is 7. The average molecular weight is 802 g/mol. The molecule has 1 aliphatic heterocycles. The number of aliphatic hydroxyl groups is 1. The lowest BCUT2D eigenvalue weighted by atomic mass is 10.0. The SMILES string of the molecule is O=C(O)CCCCCCCCCCCCCCCCC(=O)N[C@@H](CCC(O)NCCCCNC(=O)NCCOCCOCC(=O)ON1C(=O)CCC1=O)C(=O)O. The molecule has 5 amide bonds. The lowest BCUT2D eigenvalue weighted by Gasteiger charge is -2.18. The van der Waals surface area contributed by atoms with Crippen LogP contribution < -0.4 is 21.3 Å². The van der Waals surface area contributed by atoms with E-state index in [2.05, 4.69) is 26.1 Å². The molecule has 0 aliphatic carbocycles. The number of carboxylic acid groups (broad SMARTS) is 2. The third-order valence-corrected chi connectivity index (χ3v) is 9.00. The van der Waals surface area contributed by atoms with Gasteiger partial charge in [-0.1, -0.05) is 77.0 Å². The fourth-order valence-corrected chi connectivity index (χ4v) is 5.81. The summed E-state index contributed by atoms with van der Waals surface area (Å²) in [5, 5.41) is 39.7. The maximum absolute atomic E-state index is 12.3. The number of hydroxylamine groups is 2. The Labute approximate surface area is 330 Å². The first kappa shape index (κ1) is 50.1. The Morgan fingerprint density at radius 1 is 0.625 bits per heavy atom. The Morgan fingerprint density at radius 3 is 1.71 bits per heavy atom. The first-order valence-electron chi connectivity index (χ1n) is 20.4. The van der Waals surface area contributed by atoms with Gasteiger partial charge < -0.3 is 45.6 Å². The molecule has 56 heavy (non-hydrogen) atoms. The number of ether oxygens (including phenoxy) is 2. The zero-order chi connectivity index (χ0) is 41.2. The van der Waals surface area contributed by atoms with Gasteiger partial charge in [-0.3, -0.25) is 24.5 Å². The van der Waals surface area contributed by atoms with Crippen LogP contribution in [0.15, 0.2) is 0 Å². The number of carboxylic acids is 2. The molecule has 0 radical (unpaired) electrons. The zero-order valence-electron chi connectivity index (χ0n) is 33.0. The van der Waals surface area contributed by atoms with Crippen molar-refractivity contribution >= 4 is 41.7 Å². The highest BCUT2D eigenvalue weighted by Gasteiger charge is 2.32. The third-order valence-electron chi connectivity index (χ3n) is 9.00. The highest BCUT2D eigenvalue weighted by Crippen LogP contribution is 2.14. The van der Waals surface area contributed by atoms with Crippen molar-refractivity contribution < 1.29 is 63.2 Å². The number of nitrogens with zero attached hydrogens (tertiary/aromatic N) is 1. The van der Waals surface area contributed by atoms with Gasteiger partial charge in [0, 0.05) is 38.8 Å². The lowest BCUT2D eigenvalue weighted by molar-refractivity contribution is -0.200. The molecule has 1 fully saturated rings. The Balaban J connectivity index is 1.93. The van der Waals surface area contributed by atoms with Gasteiger partial charge in [-0.2, -0.15) is 0 Å².